The Bertz CT molecular complexity index is 3610. The lowest BCUT2D eigenvalue weighted by Crippen LogP contribution is -2.36. The quantitative estimate of drug-likeness (QED) is 0.0988. The van der Waals surface area contributed by atoms with E-state index in [9.17, 15) is 67.9 Å². The van der Waals surface area contributed by atoms with Gasteiger partial charge in [-0.25, -0.2) is 17.6 Å². The van der Waals surface area contributed by atoms with Gasteiger partial charge in [0.25, 0.3) is 29.5 Å². The molecule has 80 heavy (non-hydrogen) atoms. The Labute approximate surface area is 453 Å². The Kier molecular flexibility index (Phi) is 15.1. The molecule has 0 saturated heterocycles. The van der Waals surface area contributed by atoms with Crippen LogP contribution in [0.1, 0.15) is 121 Å². The summed E-state index contributed by atoms with van der Waals surface area (Å²) in [5.74, 6) is -7.05. The first-order chi connectivity index (χ1) is 37.7. The van der Waals surface area contributed by atoms with Crippen LogP contribution in [0.5, 0.6) is 5.75 Å². The molecule has 4 heterocycles. The minimum Gasteiger partial charge on any atom is -0.492 e. The van der Waals surface area contributed by atoms with Gasteiger partial charge in [-0.15, -0.1) is 0 Å². The van der Waals surface area contributed by atoms with Crippen LogP contribution in [0.4, 0.5) is 61.0 Å². The number of carbonyl (C=O) groups excluding carboxylic acids is 5. The van der Waals surface area contributed by atoms with Crippen LogP contribution >= 0.6 is 11.6 Å². The van der Waals surface area contributed by atoms with E-state index in [1.165, 1.54) is 35.2 Å². The maximum Gasteiger partial charge on any atom is 0.416 e. The van der Waals surface area contributed by atoms with E-state index in [-0.39, 0.29) is 91.9 Å². The maximum absolute atomic E-state index is 14.4. The summed E-state index contributed by atoms with van der Waals surface area (Å²) in [5.41, 5.74) is -1.28. The predicted octanol–water partition coefficient (Wildman–Crippen LogP) is 11.4. The summed E-state index contributed by atoms with van der Waals surface area (Å²) in [6.45, 7) is 6.99. The monoisotopic (exact) mass is 1140 g/mol. The molecule has 2 atom stereocenters. The van der Waals surface area contributed by atoms with Crippen LogP contribution in [0.2, 0.25) is 5.02 Å². The molecule has 0 radical (unpaired) electrons. The van der Waals surface area contributed by atoms with Crippen molar-refractivity contribution in [3.8, 4) is 5.75 Å². The number of aryl methyl sites for hydroxylation is 1. The second kappa shape index (κ2) is 21.6. The lowest BCUT2D eigenvalue weighted by molar-refractivity contribution is -0.138. The van der Waals surface area contributed by atoms with E-state index in [1.54, 1.807) is 27.1 Å². The van der Waals surface area contributed by atoms with Crippen LogP contribution in [0, 0.1) is 30.2 Å². The van der Waals surface area contributed by atoms with Crippen LogP contribution in [0.3, 0.4) is 0 Å². The van der Waals surface area contributed by atoms with Crippen LogP contribution in [0.25, 0.3) is 5.70 Å². The number of alkyl halides is 6. The van der Waals surface area contributed by atoms with Crippen molar-refractivity contribution in [1.82, 2.24) is 20.9 Å². The summed E-state index contributed by atoms with van der Waals surface area (Å²) >= 11 is 6.29. The molecule has 416 valence electrons. The first-order valence-electron chi connectivity index (χ1n) is 24.4. The number of nitrogens with one attached hydrogen (secondary N) is 5. The zero-order valence-corrected chi connectivity index (χ0v) is 42.9. The Hall–Kier alpha value is -8.60. The average Bonchev–Trinajstić information content (AvgIpc) is 4.11. The van der Waals surface area contributed by atoms with E-state index in [2.05, 4.69) is 33.2 Å². The Morgan fingerprint density at radius 1 is 0.650 bits per heavy atom. The van der Waals surface area contributed by atoms with Crippen molar-refractivity contribution < 1.29 is 72.6 Å². The number of fused-ring (bicyclic) bond motifs is 6. The van der Waals surface area contributed by atoms with Crippen molar-refractivity contribution in [3.05, 3.63) is 192 Å². The SMILES string of the molecule is C=C(Nc1cc2c(c3c1C(c1cc(F)ccc1C)NC3=O)N(C)CCCN(C)C2=O)c1cc(F)cc(C(F)(F)F)c1.O=C(Nc1cc2c(c3c1C(c1cc(F)ccc1Cl)NC3=O)OCCCNC2=O)c1cc(F)cc(C(F)(F)F)c1. The minimum atomic E-state index is -4.92. The number of carbonyl (C=O) groups is 5. The number of halogens is 11. The number of hydrogen-bond acceptors (Lipinski definition) is 8. The van der Waals surface area contributed by atoms with Crippen molar-refractivity contribution in [2.24, 2.45) is 0 Å². The van der Waals surface area contributed by atoms with E-state index in [4.69, 9.17) is 16.3 Å². The molecule has 4 aliphatic heterocycles. The number of hydrogen-bond donors (Lipinski definition) is 5. The van der Waals surface area contributed by atoms with Gasteiger partial charge >= 0.3 is 12.4 Å². The summed E-state index contributed by atoms with van der Waals surface area (Å²) in [6.07, 6.45) is -8.63. The van der Waals surface area contributed by atoms with Gasteiger partial charge in [0.05, 0.1) is 57.8 Å². The minimum absolute atomic E-state index is 0.0421. The van der Waals surface area contributed by atoms with Gasteiger partial charge in [-0.3, -0.25) is 24.0 Å². The lowest BCUT2D eigenvalue weighted by atomic mass is 9.90. The van der Waals surface area contributed by atoms with Gasteiger partial charge in [-0.2, -0.15) is 26.3 Å². The van der Waals surface area contributed by atoms with Gasteiger partial charge in [0, 0.05) is 83.6 Å². The zero-order chi connectivity index (χ0) is 57.9. The Morgan fingerprint density at radius 3 is 1.86 bits per heavy atom. The zero-order valence-electron chi connectivity index (χ0n) is 42.2. The fourth-order valence-corrected chi connectivity index (χ4v) is 10.2. The van der Waals surface area contributed by atoms with Gasteiger partial charge in [0.2, 0.25) is 0 Å². The third-order valence-corrected chi connectivity index (χ3v) is 14.0. The van der Waals surface area contributed by atoms with Gasteiger partial charge in [0.1, 0.15) is 29.0 Å². The summed E-state index contributed by atoms with van der Waals surface area (Å²) in [6, 6.07) is 11.7. The average molecular weight is 1140 g/mol. The Morgan fingerprint density at radius 2 is 1.20 bits per heavy atom. The van der Waals surface area contributed by atoms with E-state index in [0.717, 1.165) is 24.3 Å². The van der Waals surface area contributed by atoms with Crippen LogP contribution in [0.15, 0.2) is 91.5 Å². The van der Waals surface area contributed by atoms with E-state index < -0.39 is 88.0 Å². The molecule has 0 aromatic heterocycles. The summed E-state index contributed by atoms with van der Waals surface area (Å²) in [7, 11) is 3.41. The number of rotatable bonds is 7. The largest absolute Gasteiger partial charge is 0.492 e. The van der Waals surface area contributed by atoms with Crippen LogP contribution < -0.4 is 36.2 Å². The second-order valence-corrected chi connectivity index (χ2v) is 19.6. The second-order valence-electron chi connectivity index (χ2n) is 19.1. The molecule has 6 aromatic carbocycles. The van der Waals surface area contributed by atoms with E-state index in [0.29, 0.717) is 66.5 Å². The standard InChI is InChI=1S/C30H27F5N4O2.C26H17ClF5N3O4/c1-15-6-7-19(31)13-21(15)26-24-23(36-16(2)17-10-18(30(33,34)35)12-20(32)11-17)14-22-27(25(24)28(40)37-26)38(3)8-5-9-39(4)29(22)41;27-17-3-2-13(28)9-15(17)21-19-18(34-23(36)11-6-12(26(30,31)32)8-14(29)7-11)10-16-22(20(19)25(38)35-21)39-5-1-4-33-24(16)37/h6-7,10-14,26,36H,2,5,8-9H2,1,3-4H3,(H,37,40);2-3,6-10,21H,1,4-5H2,(H,33,37)(H,34,36)(H,35,38). The number of anilines is 3. The number of benzene rings is 6. The number of nitrogens with zero attached hydrogens (tertiary/aromatic N) is 2. The summed E-state index contributed by atoms with van der Waals surface area (Å²) in [4.78, 5) is 69.5. The molecule has 6 aromatic rings. The van der Waals surface area contributed by atoms with Crippen molar-refractivity contribution in [2.45, 2.75) is 44.2 Å². The molecule has 0 fully saturated rings. The fourth-order valence-electron chi connectivity index (χ4n) is 9.93. The molecule has 13 nitrogen and oxygen atoms in total. The number of ether oxygens (including phenoxy) is 1. The van der Waals surface area contributed by atoms with Gasteiger partial charge in [-0.05, 0) is 110 Å². The smallest absolute Gasteiger partial charge is 0.416 e. The third-order valence-electron chi connectivity index (χ3n) is 13.7. The molecule has 24 heteroatoms. The van der Waals surface area contributed by atoms with Crippen LogP contribution in [-0.4, -0.2) is 74.8 Å². The highest BCUT2D eigenvalue weighted by Gasteiger charge is 2.42. The van der Waals surface area contributed by atoms with Gasteiger partial charge in [-0.1, -0.05) is 24.2 Å². The van der Waals surface area contributed by atoms with Crippen molar-refractivity contribution in [2.75, 3.05) is 55.9 Å². The molecular weight excluding hydrogens is 1090 g/mol. The molecular formula is C56H44ClF10N7O6. The lowest BCUT2D eigenvalue weighted by Gasteiger charge is -2.31. The van der Waals surface area contributed by atoms with Crippen molar-refractivity contribution in [3.63, 3.8) is 0 Å². The van der Waals surface area contributed by atoms with Crippen LogP contribution in [-0.2, 0) is 12.4 Å². The predicted molar refractivity (Wildman–Crippen MR) is 275 cm³/mol. The Balaban J connectivity index is 0.000000194. The highest BCUT2D eigenvalue weighted by molar-refractivity contribution is 6.31. The fraction of sp³-hybridized carbons (Fsp3) is 0.232. The molecule has 0 aliphatic carbocycles. The summed E-state index contributed by atoms with van der Waals surface area (Å²) < 4.78 is 142. The number of amides is 5. The molecule has 2 unspecified atom stereocenters. The molecule has 0 bridgehead atoms. The summed E-state index contributed by atoms with van der Waals surface area (Å²) in [5, 5.41) is 13.6. The van der Waals surface area contributed by atoms with Crippen molar-refractivity contribution >= 4 is 63.9 Å². The normalized spacial score (nSPS) is 16.9. The molecule has 10 rings (SSSR count). The first kappa shape index (κ1) is 56.1. The van der Waals surface area contributed by atoms with Crippen molar-refractivity contribution in [1.29, 1.82) is 0 Å². The molecule has 0 saturated carbocycles. The van der Waals surface area contributed by atoms with Gasteiger partial charge in [0.15, 0.2) is 0 Å². The third kappa shape index (κ3) is 11.1. The molecule has 5 N–H and O–H groups in total. The topological polar surface area (TPSA) is 161 Å². The molecule has 0 spiro atoms. The van der Waals surface area contributed by atoms with E-state index in [1.807, 2.05) is 4.90 Å². The maximum atomic E-state index is 14.4. The molecule has 4 aliphatic rings. The highest BCUT2D eigenvalue weighted by Crippen LogP contribution is 2.48. The highest BCUT2D eigenvalue weighted by atomic mass is 35.5. The van der Waals surface area contributed by atoms with Gasteiger partial charge < -0.3 is 41.1 Å². The van der Waals surface area contributed by atoms with E-state index >= 15 is 0 Å². The first-order valence-corrected chi connectivity index (χ1v) is 24.7. The molecule has 5 amide bonds.